The van der Waals surface area contributed by atoms with Crippen molar-refractivity contribution < 1.29 is 9.53 Å². The highest BCUT2D eigenvalue weighted by Gasteiger charge is 2.23. The fourth-order valence-corrected chi connectivity index (χ4v) is 1.75. The summed E-state index contributed by atoms with van der Waals surface area (Å²) in [6.45, 7) is 5.15. The van der Waals surface area contributed by atoms with Crippen LogP contribution in [0.4, 0.5) is 5.82 Å². The highest BCUT2D eigenvalue weighted by Crippen LogP contribution is 2.26. The maximum absolute atomic E-state index is 11.6. The molecule has 15 heavy (non-hydrogen) atoms. The molecular weight excluding hydrogens is 194 g/mol. The fraction of sp³-hybridized carbons (Fsp3) is 0.600. The lowest BCUT2D eigenvalue weighted by Crippen LogP contribution is -2.22. The molecular formula is C10H15N3O2. The first-order valence-corrected chi connectivity index (χ1v) is 5.22. The third kappa shape index (κ3) is 1.69. The van der Waals surface area contributed by atoms with Gasteiger partial charge in [-0.1, -0.05) is 0 Å². The third-order valence-electron chi connectivity index (χ3n) is 2.56. The number of ether oxygens (including phenoxy) is 1. The number of fused-ring (bicyclic) bond motifs is 1. The van der Waals surface area contributed by atoms with Crippen molar-refractivity contribution in [2.75, 3.05) is 18.5 Å². The van der Waals surface area contributed by atoms with Gasteiger partial charge in [-0.05, 0) is 20.3 Å². The first kappa shape index (κ1) is 10.0. The van der Waals surface area contributed by atoms with Crippen LogP contribution in [0.2, 0.25) is 0 Å². The Labute approximate surface area is 88.4 Å². The van der Waals surface area contributed by atoms with E-state index in [0.29, 0.717) is 18.2 Å². The van der Waals surface area contributed by atoms with Gasteiger partial charge in [-0.3, -0.25) is 0 Å². The highest BCUT2D eigenvalue weighted by atomic mass is 16.5. The maximum atomic E-state index is 11.6. The average Bonchev–Trinajstić information content (AvgIpc) is 2.63. The Morgan fingerprint density at radius 1 is 1.80 bits per heavy atom. The first-order valence-electron chi connectivity index (χ1n) is 5.22. The van der Waals surface area contributed by atoms with Crippen LogP contribution in [0.3, 0.4) is 0 Å². The van der Waals surface area contributed by atoms with Crippen molar-refractivity contribution in [2.45, 2.75) is 26.3 Å². The van der Waals surface area contributed by atoms with Crippen LogP contribution in [0.15, 0.2) is 6.20 Å². The summed E-state index contributed by atoms with van der Waals surface area (Å²) in [5.41, 5.74) is 0.531. The van der Waals surface area contributed by atoms with Gasteiger partial charge in [-0.15, -0.1) is 0 Å². The summed E-state index contributed by atoms with van der Waals surface area (Å²) >= 11 is 0. The number of hydrogen-bond acceptors (Lipinski definition) is 4. The molecule has 0 radical (unpaired) electrons. The van der Waals surface area contributed by atoms with Crippen LogP contribution < -0.4 is 5.32 Å². The Kier molecular flexibility index (Phi) is 2.62. The number of anilines is 1. The topological polar surface area (TPSA) is 56.1 Å². The second-order valence-corrected chi connectivity index (χ2v) is 3.64. The summed E-state index contributed by atoms with van der Waals surface area (Å²) in [4.78, 5) is 11.6. The third-order valence-corrected chi connectivity index (χ3v) is 2.56. The second-order valence-electron chi connectivity index (χ2n) is 3.64. The minimum absolute atomic E-state index is 0.305. The van der Waals surface area contributed by atoms with Gasteiger partial charge >= 0.3 is 5.97 Å². The number of carbonyl (C=O) groups excluding carboxylic acids is 1. The van der Waals surface area contributed by atoms with Gasteiger partial charge in [0, 0.05) is 6.54 Å². The van der Waals surface area contributed by atoms with Gasteiger partial charge in [-0.25, -0.2) is 9.48 Å². The van der Waals surface area contributed by atoms with Gasteiger partial charge in [-0.2, -0.15) is 5.10 Å². The SMILES string of the molecule is CCOC(=O)c1cnn2c1NCCC2C. The predicted molar refractivity (Wildman–Crippen MR) is 56.0 cm³/mol. The van der Waals surface area contributed by atoms with Crippen LogP contribution in [-0.4, -0.2) is 28.9 Å². The molecule has 0 saturated carbocycles. The Balaban J connectivity index is 2.30. The van der Waals surface area contributed by atoms with E-state index in [2.05, 4.69) is 17.3 Å². The molecule has 0 aromatic carbocycles. The lowest BCUT2D eigenvalue weighted by Gasteiger charge is -2.22. The molecule has 0 aliphatic carbocycles. The summed E-state index contributed by atoms with van der Waals surface area (Å²) in [6, 6.07) is 0.337. The van der Waals surface area contributed by atoms with Gasteiger partial charge in [0.25, 0.3) is 0 Å². The Bertz CT molecular complexity index is 373. The maximum Gasteiger partial charge on any atom is 0.343 e. The zero-order chi connectivity index (χ0) is 10.8. The lowest BCUT2D eigenvalue weighted by molar-refractivity contribution is 0.0527. The van der Waals surface area contributed by atoms with E-state index in [1.54, 1.807) is 13.1 Å². The minimum Gasteiger partial charge on any atom is -0.462 e. The number of rotatable bonds is 2. The Morgan fingerprint density at radius 3 is 3.33 bits per heavy atom. The molecule has 82 valence electrons. The fourth-order valence-electron chi connectivity index (χ4n) is 1.75. The molecule has 0 saturated heterocycles. The quantitative estimate of drug-likeness (QED) is 0.749. The second kappa shape index (κ2) is 3.92. The van der Waals surface area contributed by atoms with E-state index < -0.39 is 0 Å². The average molecular weight is 209 g/mol. The van der Waals surface area contributed by atoms with Crippen LogP contribution in [0, 0.1) is 0 Å². The molecule has 1 unspecified atom stereocenters. The molecule has 2 rings (SSSR count). The van der Waals surface area contributed by atoms with Crippen LogP contribution >= 0.6 is 0 Å². The van der Waals surface area contributed by atoms with Gasteiger partial charge in [0.15, 0.2) is 0 Å². The highest BCUT2D eigenvalue weighted by molar-refractivity contribution is 5.94. The van der Waals surface area contributed by atoms with Crippen LogP contribution in [0.5, 0.6) is 0 Å². The zero-order valence-corrected chi connectivity index (χ0v) is 8.99. The molecule has 2 heterocycles. The number of nitrogens with one attached hydrogen (secondary N) is 1. The van der Waals surface area contributed by atoms with Crippen molar-refractivity contribution in [2.24, 2.45) is 0 Å². The van der Waals surface area contributed by atoms with Crippen LogP contribution in [0.1, 0.15) is 36.7 Å². The molecule has 0 amide bonds. The van der Waals surface area contributed by atoms with E-state index in [1.807, 2.05) is 4.68 Å². The summed E-state index contributed by atoms with van der Waals surface area (Å²) < 4.78 is 6.80. The molecule has 1 aromatic heterocycles. The standard InChI is InChI=1S/C10H15N3O2/c1-3-15-10(14)8-6-12-13-7(2)4-5-11-9(8)13/h6-7,11H,3-5H2,1-2H3. The molecule has 1 atom stereocenters. The smallest absolute Gasteiger partial charge is 0.343 e. The Hall–Kier alpha value is -1.52. The normalized spacial score (nSPS) is 19.2. The van der Waals surface area contributed by atoms with E-state index in [0.717, 1.165) is 18.8 Å². The van der Waals surface area contributed by atoms with Crippen LogP contribution in [-0.2, 0) is 4.74 Å². The summed E-state index contributed by atoms with van der Waals surface area (Å²) in [6.07, 6.45) is 2.60. The van der Waals surface area contributed by atoms with E-state index in [-0.39, 0.29) is 5.97 Å². The predicted octanol–water partition coefficient (Wildman–Crippen LogP) is 1.44. The van der Waals surface area contributed by atoms with Gasteiger partial charge in [0.05, 0.1) is 18.8 Å². The van der Waals surface area contributed by atoms with Gasteiger partial charge in [0.2, 0.25) is 0 Å². The van der Waals surface area contributed by atoms with E-state index in [9.17, 15) is 4.79 Å². The number of esters is 1. The monoisotopic (exact) mass is 209 g/mol. The van der Waals surface area contributed by atoms with E-state index in [1.165, 1.54) is 0 Å². The number of nitrogens with zero attached hydrogens (tertiary/aromatic N) is 2. The molecule has 1 N–H and O–H groups in total. The first-order chi connectivity index (χ1) is 7.24. The summed E-state index contributed by atoms with van der Waals surface area (Å²) in [7, 11) is 0. The minimum atomic E-state index is -0.305. The van der Waals surface area contributed by atoms with Crippen molar-refractivity contribution in [3.63, 3.8) is 0 Å². The van der Waals surface area contributed by atoms with Crippen LogP contribution in [0.25, 0.3) is 0 Å². The molecule has 0 spiro atoms. The van der Waals surface area contributed by atoms with Crippen molar-refractivity contribution in [3.8, 4) is 0 Å². The molecule has 0 fully saturated rings. The van der Waals surface area contributed by atoms with Crippen molar-refractivity contribution in [1.29, 1.82) is 0 Å². The van der Waals surface area contributed by atoms with E-state index in [4.69, 9.17) is 4.74 Å². The molecule has 1 aromatic rings. The summed E-state index contributed by atoms with van der Waals surface area (Å²) in [5.74, 6) is 0.479. The number of hydrogen-bond donors (Lipinski definition) is 1. The zero-order valence-electron chi connectivity index (χ0n) is 8.99. The van der Waals surface area contributed by atoms with Crippen molar-refractivity contribution in [1.82, 2.24) is 9.78 Å². The molecule has 0 bridgehead atoms. The molecule has 1 aliphatic rings. The van der Waals surface area contributed by atoms with Crippen molar-refractivity contribution >= 4 is 11.8 Å². The lowest BCUT2D eigenvalue weighted by atomic mass is 10.2. The van der Waals surface area contributed by atoms with Gasteiger partial charge in [0.1, 0.15) is 11.4 Å². The molecule has 5 heteroatoms. The summed E-state index contributed by atoms with van der Waals surface area (Å²) in [5, 5.41) is 7.37. The largest absolute Gasteiger partial charge is 0.462 e. The van der Waals surface area contributed by atoms with Gasteiger partial charge < -0.3 is 10.1 Å². The van der Waals surface area contributed by atoms with Crippen molar-refractivity contribution in [3.05, 3.63) is 11.8 Å². The Morgan fingerprint density at radius 2 is 2.60 bits per heavy atom. The number of aromatic nitrogens is 2. The van der Waals surface area contributed by atoms with E-state index >= 15 is 0 Å². The molecule has 1 aliphatic heterocycles. The molecule has 5 nitrogen and oxygen atoms in total. The number of carbonyl (C=O) groups is 1.